The molecule has 1 saturated heterocycles. The van der Waals surface area contributed by atoms with Gasteiger partial charge in [0.25, 0.3) is 5.91 Å². The number of benzene rings is 2. The standard InChI is InChI=1S/C19H18ClFN2O3/c1-26-17-6-5-13(20)8-16(17)19(25)22-15-9-18(24)23(11-15)10-12-3-2-4-14(21)7-12/h2-8,15H,9-11H2,1H3,(H,22,25). The van der Waals surface area contributed by atoms with Crippen molar-refractivity contribution >= 4 is 23.4 Å². The van der Waals surface area contributed by atoms with E-state index in [-0.39, 0.29) is 30.1 Å². The third-order valence-corrected chi connectivity index (χ3v) is 4.45. The summed E-state index contributed by atoms with van der Waals surface area (Å²) >= 11 is 5.96. The second kappa shape index (κ2) is 7.74. The van der Waals surface area contributed by atoms with Crippen molar-refractivity contribution in [3.8, 4) is 5.75 Å². The predicted molar refractivity (Wildman–Crippen MR) is 95.7 cm³/mol. The van der Waals surface area contributed by atoms with Gasteiger partial charge in [-0.05, 0) is 35.9 Å². The summed E-state index contributed by atoms with van der Waals surface area (Å²) in [6.45, 7) is 0.674. The van der Waals surface area contributed by atoms with Gasteiger partial charge in [-0.2, -0.15) is 0 Å². The van der Waals surface area contributed by atoms with Crippen LogP contribution in [-0.4, -0.2) is 36.4 Å². The number of ether oxygens (including phenoxy) is 1. The molecule has 1 N–H and O–H groups in total. The fourth-order valence-electron chi connectivity index (χ4n) is 3.00. The lowest BCUT2D eigenvalue weighted by Crippen LogP contribution is -2.37. The Bertz CT molecular complexity index is 843. The first kappa shape index (κ1) is 18.2. The molecule has 0 aliphatic carbocycles. The molecule has 0 bridgehead atoms. The van der Waals surface area contributed by atoms with Gasteiger partial charge in [-0.15, -0.1) is 0 Å². The Balaban J connectivity index is 1.66. The van der Waals surface area contributed by atoms with Crippen molar-refractivity contribution in [1.82, 2.24) is 10.2 Å². The number of nitrogens with zero attached hydrogens (tertiary/aromatic N) is 1. The Hall–Kier alpha value is -2.60. The van der Waals surface area contributed by atoms with Crippen LogP contribution in [0.1, 0.15) is 22.3 Å². The first-order chi connectivity index (χ1) is 12.5. The van der Waals surface area contributed by atoms with Crippen LogP contribution in [0.15, 0.2) is 42.5 Å². The average Bonchev–Trinajstić information content (AvgIpc) is 2.94. The van der Waals surface area contributed by atoms with E-state index in [2.05, 4.69) is 5.32 Å². The van der Waals surface area contributed by atoms with Gasteiger partial charge in [-0.3, -0.25) is 9.59 Å². The molecule has 1 atom stereocenters. The van der Waals surface area contributed by atoms with Crippen LogP contribution in [0.2, 0.25) is 5.02 Å². The van der Waals surface area contributed by atoms with Crippen LogP contribution in [0, 0.1) is 5.82 Å². The number of nitrogens with one attached hydrogen (secondary N) is 1. The molecule has 136 valence electrons. The van der Waals surface area contributed by atoms with Crippen LogP contribution < -0.4 is 10.1 Å². The largest absolute Gasteiger partial charge is 0.496 e. The highest BCUT2D eigenvalue weighted by Crippen LogP contribution is 2.23. The molecule has 7 heteroatoms. The van der Waals surface area contributed by atoms with Crippen molar-refractivity contribution in [3.63, 3.8) is 0 Å². The van der Waals surface area contributed by atoms with Crippen LogP contribution in [0.3, 0.4) is 0 Å². The van der Waals surface area contributed by atoms with Crippen LogP contribution in [-0.2, 0) is 11.3 Å². The molecule has 1 aliphatic rings. The van der Waals surface area contributed by atoms with Crippen LogP contribution in [0.25, 0.3) is 0 Å². The molecule has 1 heterocycles. The van der Waals surface area contributed by atoms with Gasteiger partial charge in [0.2, 0.25) is 5.91 Å². The molecule has 1 fully saturated rings. The molecule has 2 amide bonds. The minimum absolute atomic E-state index is 0.0855. The molecule has 0 spiro atoms. The fourth-order valence-corrected chi connectivity index (χ4v) is 3.17. The van der Waals surface area contributed by atoms with E-state index in [0.717, 1.165) is 0 Å². The second-order valence-electron chi connectivity index (χ2n) is 6.12. The normalized spacial score (nSPS) is 16.7. The predicted octanol–water partition coefficient (Wildman–Crippen LogP) is 3.02. The summed E-state index contributed by atoms with van der Waals surface area (Å²) in [6.07, 6.45) is 0.198. The average molecular weight is 377 g/mol. The molecular weight excluding hydrogens is 359 g/mol. The third kappa shape index (κ3) is 4.14. The lowest BCUT2D eigenvalue weighted by atomic mass is 10.1. The van der Waals surface area contributed by atoms with Crippen molar-refractivity contribution in [1.29, 1.82) is 0 Å². The van der Waals surface area contributed by atoms with Crippen molar-refractivity contribution in [3.05, 3.63) is 64.4 Å². The lowest BCUT2D eigenvalue weighted by molar-refractivity contribution is -0.128. The van der Waals surface area contributed by atoms with Crippen LogP contribution in [0.4, 0.5) is 4.39 Å². The van der Waals surface area contributed by atoms with Gasteiger partial charge in [0.1, 0.15) is 11.6 Å². The zero-order valence-electron chi connectivity index (χ0n) is 14.2. The van der Waals surface area contributed by atoms with E-state index in [1.54, 1.807) is 29.2 Å². The minimum Gasteiger partial charge on any atom is -0.496 e. The van der Waals surface area contributed by atoms with Crippen LogP contribution in [0.5, 0.6) is 5.75 Å². The molecule has 0 saturated carbocycles. The molecular formula is C19H18ClFN2O3. The quantitative estimate of drug-likeness (QED) is 0.872. The van der Waals surface area contributed by atoms with Gasteiger partial charge in [0, 0.05) is 24.5 Å². The number of likely N-dealkylation sites (tertiary alicyclic amines) is 1. The molecule has 5 nitrogen and oxygen atoms in total. The number of amides is 2. The van der Waals surface area contributed by atoms with Crippen LogP contribution >= 0.6 is 11.6 Å². The Morgan fingerprint density at radius 1 is 1.35 bits per heavy atom. The maximum atomic E-state index is 13.3. The summed E-state index contributed by atoms with van der Waals surface area (Å²) in [5.41, 5.74) is 1.03. The van der Waals surface area contributed by atoms with Gasteiger partial charge in [0.15, 0.2) is 0 Å². The molecule has 3 rings (SSSR count). The smallest absolute Gasteiger partial charge is 0.255 e. The highest BCUT2D eigenvalue weighted by Gasteiger charge is 2.31. The zero-order valence-corrected chi connectivity index (χ0v) is 14.9. The number of hydrogen-bond acceptors (Lipinski definition) is 3. The molecule has 2 aromatic rings. The maximum Gasteiger partial charge on any atom is 0.255 e. The van der Waals surface area contributed by atoms with E-state index in [9.17, 15) is 14.0 Å². The van der Waals surface area contributed by atoms with Gasteiger partial charge in [-0.25, -0.2) is 4.39 Å². The van der Waals surface area contributed by atoms with E-state index in [0.29, 0.717) is 35.0 Å². The summed E-state index contributed by atoms with van der Waals surface area (Å²) in [6, 6.07) is 10.6. The van der Waals surface area contributed by atoms with Gasteiger partial charge in [-0.1, -0.05) is 23.7 Å². The van der Waals surface area contributed by atoms with E-state index in [1.165, 1.54) is 25.3 Å². The first-order valence-corrected chi connectivity index (χ1v) is 8.50. The van der Waals surface area contributed by atoms with Crippen molar-refractivity contribution < 1.29 is 18.7 Å². The Labute approximate surface area is 155 Å². The number of halogens is 2. The number of rotatable bonds is 5. The number of methoxy groups -OCH3 is 1. The minimum atomic E-state index is -0.352. The van der Waals surface area contributed by atoms with E-state index < -0.39 is 0 Å². The number of carbonyl (C=O) groups excluding carboxylic acids is 2. The van der Waals surface area contributed by atoms with Gasteiger partial charge < -0.3 is 15.0 Å². The van der Waals surface area contributed by atoms with Crippen molar-refractivity contribution in [2.45, 2.75) is 19.0 Å². The van der Waals surface area contributed by atoms with Gasteiger partial charge >= 0.3 is 0 Å². The number of carbonyl (C=O) groups is 2. The topological polar surface area (TPSA) is 58.6 Å². The van der Waals surface area contributed by atoms with Crippen molar-refractivity contribution in [2.75, 3.05) is 13.7 Å². The first-order valence-electron chi connectivity index (χ1n) is 8.13. The Morgan fingerprint density at radius 2 is 2.15 bits per heavy atom. The Morgan fingerprint density at radius 3 is 2.88 bits per heavy atom. The summed E-state index contributed by atoms with van der Waals surface area (Å²) in [5, 5.41) is 3.26. The maximum absolute atomic E-state index is 13.3. The third-order valence-electron chi connectivity index (χ3n) is 4.22. The van der Waals surface area contributed by atoms with Crippen molar-refractivity contribution in [2.24, 2.45) is 0 Å². The van der Waals surface area contributed by atoms with E-state index in [4.69, 9.17) is 16.3 Å². The zero-order chi connectivity index (χ0) is 18.7. The molecule has 26 heavy (non-hydrogen) atoms. The molecule has 1 aliphatic heterocycles. The van der Waals surface area contributed by atoms with Gasteiger partial charge in [0.05, 0.1) is 18.7 Å². The summed E-state index contributed by atoms with van der Waals surface area (Å²) in [5.74, 6) is -0.368. The highest BCUT2D eigenvalue weighted by molar-refractivity contribution is 6.31. The number of hydrogen-bond donors (Lipinski definition) is 1. The summed E-state index contributed by atoms with van der Waals surface area (Å²) in [4.78, 5) is 26.3. The van der Waals surface area contributed by atoms with E-state index >= 15 is 0 Å². The second-order valence-corrected chi connectivity index (χ2v) is 6.56. The molecule has 0 aromatic heterocycles. The SMILES string of the molecule is COc1ccc(Cl)cc1C(=O)NC1CC(=O)N(Cc2cccc(F)c2)C1. The monoisotopic (exact) mass is 376 g/mol. The molecule has 2 aromatic carbocycles. The summed E-state index contributed by atoms with van der Waals surface area (Å²) in [7, 11) is 1.47. The molecule has 0 radical (unpaired) electrons. The highest BCUT2D eigenvalue weighted by atomic mass is 35.5. The Kier molecular flexibility index (Phi) is 5.42. The van der Waals surface area contributed by atoms with E-state index in [1.807, 2.05) is 0 Å². The fraction of sp³-hybridized carbons (Fsp3) is 0.263. The lowest BCUT2D eigenvalue weighted by Gasteiger charge is -2.18. The molecule has 1 unspecified atom stereocenters. The summed E-state index contributed by atoms with van der Waals surface area (Å²) < 4.78 is 18.5.